The molecule has 0 aliphatic carbocycles. The Morgan fingerprint density at radius 2 is 1.68 bits per heavy atom. The van der Waals surface area contributed by atoms with Crippen LogP contribution in [0.5, 0.6) is 0 Å². The van der Waals surface area contributed by atoms with E-state index < -0.39 is 46.8 Å². The van der Waals surface area contributed by atoms with Gasteiger partial charge in [0.05, 0.1) is 10.9 Å². The molecular formula is C19H25NO7S. The number of amides is 1. The summed E-state index contributed by atoms with van der Waals surface area (Å²) < 4.78 is 13.5. The van der Waals surface area contributed by atoms with E-state index in [0.717, 1.165) is 0 Å². The largest absolute Gasteiger partial charge is 0.461 e. The zero-order valence-corrected chi connectivity index (χ0v) is 17.3. The van der Waals surface area contributed by atoms with Crippen molar-refractivity contribution in [1.29, 1.82) is 0 Å². The van der Waals surface area contributed by atoms with Crippen molar-refractivity contribution in [2.24, 2.45) is 0 Å². The van der Waals surface area contributed by atoms with Gasteiger partial charge in [-0.3, -0.25) is 9.59 Å². The molecule has 1 aromatic rings. The van der Waals surface area contributed by atoms with Gasteiger partial charge in [0.25, 0.3) is 5.91 Å². The molecule has 8 nitrogen and oxygen atoms in total. The van der Waals surface area contributed by atoms with Gasteiger partial charge in [0.2, 0.25) is 6.79 Å². The van der Waals surface area contributed by atoms with Crippen LogP contribution in [0.1, 0.15) is 45.0 Å². The van der Waals surface area contributed by atoms with Crippen molar-refractivity contribution in [3.05, 3.63) is 35.9 Å². The highest BCUT2D eigenvalue weighted by atomic mass is 32.2. The van der Waals surface area contributed by atoms with Crippen LogP contribution in [0.4, 0.5) is 4.79 Å². The van der Waals surface area contributed by atoms with Crippen LogP contribution >= 0.6 is 11.8 Å². The van der Waals surface area contributed by atoms with Gasteiger partial charge in [0.15, 0.2) is 0 Å². The highest BCUT2D eigenvalue weighted by Crippen LogP contribution is 2.31. The lowest BCUT2D eigenvalue weighted by molar-refractivity contribution is -0.150. The molecule has 28 heavy (non-hydrogen) atoms. The highest BCUT2D eigenvalue weighted by Gasteiger charge is 2.41. The van der Waals surface area contributed by atoms with Crippen LogP contribution in [0.15, 0.2) is 30.3 Å². The summed E-state index contributed by atoms with van der Waals surface area (Å²) in [5.41, 5.74) is 0.364. The first kappa shape index (κ1) is 23.5. The fourth-order valence-corrected chi connectivity index (χ4v) is 2.89. The fraction of sp³-hybridized carbons (Fsp3) is 0.474. The minimum atomic E-state index is -1.13. The van der Waals surface area contributed by atoms with Gasteiger partial charge in [-0.25, -0.2) is 9.59 Å². The van der Waals surface area contributed by atoms with Gasteiger partial charge in [-0.1, -0.05) is 18.2 Å². The second-order valence-corrected chi connectivity index (χ2v) is 8.20. The molecule has 1 atom stereocenters. The van der Waals surface area contributed by atoms with E-state index in [1.807, 2.05) is 0 Å². The van der Waals surface area contributed by atoms with Gasteiger partial charge in [0, 0.05) is 12.5 Å². The number of ether oxygens (including phenoxy) is 3. The van der Waals surface area contributed by atoms with Crippen LogP contribution in [0.25, 0.3) is 0 Å². The first-order valence-corrected chi connectivity index (χ1v) is 9.40. The molecule has 0 aliphatic heterocycles. The van der Waals surface area contributed by atoms with E-state index in [1.54, 1.807) is 58.0 Å². The minimum absolute atomic E-state index is 0.364. The molecule has 0 spiro atoms. The molecule has 0 unspecified atom stereocenters. The Morgan fingerprint density at radius 3 is 2.21 bits per heavy atom. The first-order chi connectivity index (χ1) is 13.0. The van der Waals surface area contributed by atoms with E-state index in [9.17, 15) is 19.2 Å². The number of benzene rings is 1. The average Bonchev–Trinajstić information content (AvgIpc) is 2.58. The van der Waals surface area contributed by atoms with Crippen LogP contribution in [0.2, 0.25) is 0 Å². The quantitative estimate of drug-likeness (QED) is 0.514. The predicted molar refractivity (Wildman–Crippen MR) is 104 cm³/mol. The Labute approximate surface area is 168 Å². The Bertz CT molecular complexity index is 703. The van der Waals surface area contributed by atoms with E-state index in [0.29, 0.717) is 17.3 Å². The number of nitrogens with one attached hydrogen (secondary N) is 1. The fourth-order valence-electron chi connectivity index (χ4n) is 2.08. The van der Waals surface area contributed by atoms with Crippen molar-refractivity contribution in [3.8, 4) is 0 Å². The van der Waals surface area contributed by atoms with Gasteiger partial charge in [-0.15, -0.1) is 0 Å². The second kappa shape index (κ2) is 10.7. The Morgan fingerprint density at radius 1 is 1.07 bits per heavy atom. The standard InChI is InChI=1S/C19H25NO7S/c1-12(2)27-17(23)15(20-16(22)14-9-7-6-8-10-14)19(4,5)28-18(24)26-11-25-13(3)21/h6-10,12,15H,11H2,1-5H3,(H,20,22)/t15-/m0/s1. The Balaban J connectivity index is 2.92. The molecular weight excluding hydrogens is 386 g/mol. The average molecular weight is 411 g/mol. The summed E-state index contributed by atoms with van der Waals surface area (Å²) >= 11 is 0.686. The summed E-state index contributed by atoms with van der Waals surface area (Å²) in [7, 11) is 0. The van der Waals surface area contributed by atoms with E-state index in [-0.39, 0.29) is 0 Å². The van der Waals surface area contributed by atoms with E-state index in [1.165, 1.54) is 6.92 Å². The third-order valence-electron chi connectivity index (χ3n) is 3.38. The number of esters is 2. The van der Waals surface area contributed by atoms with Crippen LogP contribution < -0.4 is 5.32 Å². The first-order valence-electron chi connectivity index (χ1n) is 8.58. The lowest BCUT2D eigenvalue weighted by Crippen LogP contribution is -2.54. The van der Waals surface area contributed by atoms with Crippen LogP contribution in [-0.4, -0.2) is 46.8 Å². The van der Waals surface area contributed by atoms with Crippen LogP contribution in [0, 0.1) is 0 Å². The summed E-state index contributed by atoms with van der Waals surface area (Å²) in [6, 6.07) is 7.24. The Kier molecular flexibility index (Phi) is 8.98. The number of hydrogen-bond acceptors (Lipinski definition) is 8. The Hall–Kier alpha value is -2.55. The van der Waals surface area contributed by atoms with Crippen LogP contribution in [0.3, 0.4) is 0 Å². The molecule has 9 heteroatoms. The monoisotopic (exact) mass is 411 g/mol. The molecule has 0 aliphatic rings. The van der Waals surface area contributed by atoms with Gasteiger partial charge >= 0.3 is 17.2 Å². The predicted octanol–water partition coefficient (Wildman–Crippen LogP) is 2.91. The lowest BCUT2D eigenvalue weighted by atomic mass is 10.0. The summed E-state index contributed by atoms with van der Waals surface area (Å²) in [6.45, 7) is 7.21. The maximum atomic E-state index is 12.6. The molecule has 154 valence electrons. The van der Waals surface area contributed by atoms with Gasteiger partial charge in [-0.2, -0.15) is 0 Å². The van der Waals surface area contributed by atoms with Crippen LogP contribution in [-0.2, 0) is 23.8 Å². The van der Waals surface area contributed by atoms with Gasteiger partial charge in [0.1, 0.15) is 6.04 Å². The maximum Gasteiger partial charge on any atom is 0.370 e. The van der Waals surface area contributed by atoms with Crippen molar-refractivity contribution in [2.45, 2.75) is 51.5 Å². The van der Waals surface area contributed by atoms with Gasteiger partial charge < -0.3 is 19.5 Å². The molecule has 1 N–H and O–H groups in total. The zero-order valence-electron chi connectivity index (χ0n) is 16.5. The molecule has 1 rings (SSSR count). The zero-order chi connectivity index (χ0) is 21.3. The van der Waals surface area contributed by atoms with Crippen molar-refractivity contribution < 1.29 is 33.4 Å². The van der Waals surface area contributed by atoms with E-state index >= 15 is 0 Å². The summed E-state index contributed by atoms with van der Waals surface area (Å²) in [5.74, 6) is -1.75. The van der Waals surface area contributed by atoms with Crippen molar-refractivity contribution in [1.82, 2.24) is 5.32 Å². The number of carbonyl (C=O) groups is 4. The minimum Gasteiger partial charge on any atom is -0.461 e. The molecule has 0 heterocycles. The normalized spacial score (nSPS) is 12.1. The third kappa shape index (κ3) is 7.99. The topological polar surface area (TPSA) is 108 Å². The SMILES string of the molecule is CC(=O)OCOC(=O)SC(C)(C)[C@@H](NC(=O)c1ccccc1)C(=O)OC(C)C. The third-order valence-corrected chi connectivity index (χ3v) is 4.43. The molecule has 0 aromatic heterocycles. The molecule has 1 amide bonds. The summed E-state index contributed by atoms with van der Waals surface area (Å²) in [5, 5.41) is 1.87. The lowest BCUT2D eigenvalue weighted by Gasteiger charge is -2.32. The number of carbonyl (C=O) groups excluding carboxylic acids is 4. The maximum absolute atomic E-state index is 12.6. The van der Waals surface area contributed by atoms with E-state index in [2.05, 4.69) is 10.1 Å². The molecule has 1 aromatic carbocycles. The molecule has 0 saturated carbocycles. The van der Waals surface area contributed by atoms with Gasteiger partial charge in [-0.05, 0) is 51.6 Å². The smallest absolute Gasteiger partial charge is 0.370 e. The summed E-state index contributed by atoms with van der Waals surface area (Å²) in [6.07, 6.45) is -0.402. The second-order valence-electron chi connectivity index (χ2n) is 6.61. The van der Waals surface area contributed by atoms with Crippen molar-refractivity contribution in [2.75, 3.05) is 6.79 Å². The molecule has 0 saturated heterocycles. The molecule has 0 radical (unpaired) electrons. The highest BCUT2D eigenvalue weighted by molar-refractivity contribution is 8.14. The molecule has 0 fully saturated rings. The number of rotatable bonds is 8. The van der Waals surface area contributed by atoms with Crippen molar-refractivity contribution in [3.63, 3.8) is 0 Å². The number of hydrogen-bond donors (Lipinski definition) is 1. The number of thioether (sulfide) groups is 1. The summed E-state index contributed by atoms with van der Waals surface area (Å²) in [4.78, 5) is 47.9. The molecule has 0 bridgehead atoms. The van der Waals surface area contributed by atoms with E-state index in [4.69, 9.17) is 9.47 Å². The van der Waals surface area contributed by atoms with Crippen molar-refractivity contribution >= 4 is 34.9 Å².